The van der Waals surface area contributed by atoms with Gasteiger partial charge in [0, 0.05) is 27.6 Å². The van der Waals surface area contributed by atoms with Crippen LogP contribution in [0, 0.1) is 27.7 Å². The number of nitrogens with zero attached hydrogens (tertiary/aromatic N) is 2. The fourth-order valence-electron chi connectivity index (χ4n) is 2.97. The molecule has 4 nitrogen and oxygen atoms in total. The van der Waals surface area contributed by atoms with Crippen molar-refractivity contribution in [2.24, 2.45) is 7.05 Å². The smallest absolute Gasteiger partial charge is 0.278 e. The Hall–Kier alpha value is -2.14. The van der Waals surface area contributed by atoms with Gasteiger partial charge in [-0.05, 0) is 39.3 Å². The summed E-state index contributed by atoms with van der Waals surface area (Å²) in [6, 6.07) is 4.22. The van der Waals surface area contributed by atoms with Gasteiger partial charge >= 0.3 is 0 Å². The lowest BCUT2D eigenvalue weighted by Crippen LogP contribution is -2.22. The third kappa shape index (κ3) is 2.04. The number of aromatic hydroxyl groups is 1. The number of thiophene rings is 1. The fraction of sp³-hybridized carbons (Fsp3) is 0.294. The zero-order chi connectivity index (χ0) is 16.2. The highest BCUT2D eigenvalue weighted by Crippen LogP contribution is 2.42. The third-order valence-corrected chi connectivity index (χ3v) is 5.19. The van der Waals surface area contributed by atoms with Gasteiger partial charge in [0.15, 0.2) is 5.75 Å². The molecule has 2 aromatic heterocycles. The number of aromatic nitrogens is 2. The zero-order valence-electron chi connectivity index (χ0n) is 13.3. The molecule has 2 heterocycles. The molecule has 0 bridgehead atoms. The van der Waals surface area contributed by atoms with Crippen molar-refractivity contribution in [3.05, 3.63) is 44.2 Å². The van der Waals surface area contributed by atoms with Crippen molar-refractivity contribution in [2.45, 2.75) is 27.7 Å². The van der Waals surface area contributed by atoms with Gasteiger partial charge in [-0.2, -0.15) is 5.10 Å². The molecular weight excluding hydrogens is 296 g/mol. The van der Waals surface area contributed by atoms with Crippen LogP contribution in [0.15, 0.2) is 16.9 Å². The zero-order valence-corrected chi connectivity index (χ0v) is 14.1. The summed E-state index contributed by atoms with van der Waals surface area (Å²) in [5.41, 5.74) is 3.70. The van der Waals surface area contributed by atoms with Crippen molar-refractivity contribution in [3.63, 3.8) is 0 Å². The van der Waals surface area contributed by atoms with Gasteiger partial charge in [0.2, 0.25) is 0 Å². The van der Waals surface area contributed by atoms with E-state index in [0.29, 0.717) is 11.3 Å². The minimum absolute atomic E-state index is 0.0231. The second-order valence-electron chi connectivity index (χ2n) is 5.73. The quantitative estimate of drug-likeness (QED) is 0.746. The molecule has 114 valence electrons. The van der Waals surface area contributed by atoms with Crippen LogP contribution in [0.2, 0.25) is 0 Å². The first-order valence-electron chi connectivity index (χ1n) is 7.09. The largest absolute Gasteiger partial charge is 0.505 e. The van der Waals surface area contributed by atoms with E-state index in [-0.39, 0.29) is 11.3 Å². The van der Waals surface area contributed by atoms with Crippen LogP contribution in [0.3, 0.4) is 0 Å². The maximum Gasteiger partial charge on any atom is 0.278 e. The van der Waals surface area contributed by atoms with E-state index in [0.717, 1.165) is 26.1 Å². The second kappa shape index (κ2) is 4.95. The number of aryl methyl sites for hydroxylation is 5. The third-order valence-electron chi connectivity index (χ3n) is 3.93. The molecule has 0 fully saturated rings. The molecule has 1 N–H and O–H groups in total. The first kappa shape index (κ1) is 14.8. The average Bonchev–Trinajstić information content (AvgIpc) is 2.75. The lowest BCUT2D eigenvalue weighted by molar-refractivity contribution is 0.460. The van der Waals surface area contributed by atoms with E-state index in [4.69, 9.17) is 0 Å². The van der Waals surface area contributed by atoms with Gasteiger partial charge in [0.25, 0.3) is 5.56 Å². The van der Waals surface area contributed by atoms with Crippen LogP contribution in [0.25, 0.3) is 21.2 Å². The highest BCUT2D eigenvalue weighted by molar-refractivity contribution is 7.19. The van der Waals surface area contributed by atoms with Crippen molar-refractivity contribution in [2.75, 3.05) is 0 Å². The molecule has 22 heavy (non-hydrogen) atoms. The van der Waals surface area contributed by atoms with Crippen LogP contribution in [-0.4, -0.2) is 14.9 Å². The summed E-state index contributed by atoms with van der Waals surface area (Å²) in [5.74, 6) is -0.0231. The molecule has 0 aliphatic carbocycles. The average molecular weight is 314 g/mol. The number of hydrogen-bond donors (Lipinski definition) is 1. The SMILES string of the molecule is Cc1cc(C)c2sc(C)c(-c3c(O)c(C)nn(C)c3=O)c2c1. The van der Waals surface area contributed by atoms with E-state index in [1.165, 1.54) is 10.2 Å². The minimum Gasteiger partial charge on any atom is -0.505 e. The Bertz CT molecular complexity index is 967. The van der Waals surface area contributed by atoms with E-state index >= 15 is 0 Å². The van der Waals surface area contributed by atoms with Crippen LogP contribution in [0.5, 0.6) is 5.75 Å². The van der Waals surface area contributed by atoms with Gasteiger partial charge in [0.1, 0.15) is 5.69 Å². The lowest BCUT2D eigenvalue weighted by Gasteiger charge is -2.09. The summed E-state index contributed by atoms with van der Waals surface area (Å²) in [6.45, 7) is 7.81. The summed E-state index contributed by atoms with van der Waals surface area (Å²) in [6.07, 6.45) is 0. The molecule has 0 atom stereocenters. The maximum atomic E-state index is 12.6. The number of hydrogen-bond acceptors (Lipinski definition) is 4. The molecule has 3 aromatic rings. The van der Waals surface area contributed by atoms with Crippen LogP contribution in [-0.2, 0) is 7.05 Å². The van der Waals surface area contributed by atoms with Gasteiger partial charge in [-0.3, -0.25) is 4.79 Å². The van der Waals surface area contributed by atoms with Gasteiger partial charge in [-0.1, -0.05) is 11.6 Å². The highest BCUT2D eigenvalue weighted by atomic mass is 32.1. The highest BCUT2D eigenvalue weighted by Gasteiger charge is 2.21. The van der Waals surface area contributed by atoms with Crippen LogP contribution >= 0.6 is 11.3 Å². The summed E-state index contributed by atoms with van der Waals surface area (Å²) in [4.78, 5) is 13.6. The minimum atomic E-state index is -0.273. The van der Waals surface area contributed by atoms with E-state index in [2.05, 4.69) is 24.2 Å². The Labute approximate surface area is 132 Å². The Morgan fingerprint density at radius 2 is 1.82 bits per heavy atom. The summed E-state index contributed by atoms with van der Waals surface area (Å²) < 4.78 is 2.45. The molecule has 3 rings (SSSR count). The van der Waals surface area contributed by atoms with Gasteiger partial charge < -0.3 is 5.11 Å². The van der Waals surface area contributed by atoms with E-state index < -0.39 is 0 Å². The normalized spacial score (nSPS) is 11.3. The van der Waals surface area contributed by atoms with Crippen LogP contribution in [0.1, 0.15) is 21.7 Å². The number of rotatable bonds is 1. The molecular formula is C17H18N2O2S. The monoisotopic (exact) mass is 314 g/mol. The molecule has 0 saturated heterocycles. The summed E-state index contributed by atoms with van der Waals surface area (Å²) in [7, 11) is 1.61. The molecule has 0 spiro atoms. The van der Waals surface area contributed by atoms with Crippen molar-refractivity contribution >= 4 is 21.4 Å². The predicted molar refractivity (Wildman–Crippen MR) is 90.9 cm³/mol. The molecule has 0 unspecified atom stereocenters. The topological polar surface area (TPSA) is 55.1 Å². The van der Waals surface area contributed by atoms with Crippen LogP contribution < -0.4 is 5.56 Å². The maximum absolute atomic E-state index is 12.6. The predicted octanol–water partition coefficient (Wildman–Crippen LogP) is 3.60. The Kier molecular flexibility index (Phi) is 3.33. The summed E-state index contributed by atoms with van der Waals surface area (Å²) in [5, 5.41) is 15.5. The standard InChI is InChI=1S/C17H18N2O2S/c1-8-6-9(2)16-12(7-8)13(11(4)22-16)14-15(20)10(3)18-19(5)17(14)21/h6-7,20H,1-5H3. The first-order chi connectivity index (χ1) is 10.3. The number of benzene rings is 1. The molecule has 1 aromatic carbocycles. The molecule has 0 aliphatic rings. The molecule has 0 amide bonds. The van der Waals surface area contributed by atoms with Gasteiger partial charge in [-0.15, -0.1) is 11.3 Å². The summed E-state index contributed by atoms with van der Waals surface area (Å²) >= 11 is 1.66. The second-order valence-corrected chi connectivity index (χ2v) is 6.95. The Morgan fingerprint density at radius 1 is 1.14 bits per heavy atom. The first-order valence-corrected chi connectivity index (χ1v) is 7.90. The van der Waals surface area contributed by atoms with Crippen molar-refractivity contribution < 1.29 is 5.11 Å². The molecule has 0 aliphatic heterocycles. The van der Waals surface area contributed by atoms with E-state index in [9.17, 15) is 9.90 Å². The lowest BCUT2D eigenvalue weighted by atomic mass is 9.99. The van der Waals surface area contributed by atoms with Crippen molar-refractivity contribution in [1.29, 1.82) is 0 Å². The molecule has 5 heteroatoms. The fourth-order valence-corrected chi connectivity index (χ4v) is 4.08. The Morgan fingerprint density at radius 3 is 2.50 bits per heavy atom. The van der Waals surface area contributed by atoms with Gasteiger partial charge in [0.05, 0.1) is 5.56 Å². The molecule has 0 saturated carbocycles. The van der Waals surface area contributed by atoms with Crippen LogP contribution in [0.4, 0.5) is 0 Å². The van der Waals surface area contributed by atoms with E-state index in [1.807, 2.05) is 13.8 Å². The molecule has 0 radical (unpaired) electrons. The van der Waals surface area contributed by atoms with Crippen molar-refractivity contribution in [1.82, 2.24) is 9.78 Å². The Balaban J connectivity index is 2.52. The van der Waals surface area contributed by atoms with Crippen molar-refractivity contribution in [3.8, 4) is 16.9 Å². The van der Waals surface area contributed by atoms with E-state index in [1.54, 1.807) is 25.3 Å². The van der Waals surface area contributed by atoms with Gasteiger partial charge in [-0.25, -0.2) is 4.68 Å². The number of fused-ring (bicyclic) bond motifs is 1.